The fourth-order valence-electron chi connectivity index (χ4n) is 2.26. The zero-order valence-corrected chi connectivity index (χ0v) is 17.2. The van der Waals surface area contributed by atoms with E-state index in [0.717, 1.165) is 4.47 Å². The summed E-state index contributed by atoms with van der Waals surface area (Å²) in [5.74, 6) is 0.674. The van der Waals surface area contributed by atoms with E-state index in [0.29, 0.717) is 28.4 Å². The van der Waals surface area contributed by atoms with E-state index in [1.54, 1.807) is 36.4 Å². The largest absolute Gasteiger partial charge is 0.496 e. The van der Waals surface area contributed by atoms with Crippen molar-refractivity contribution in [2.24, 2.45) is 5.10 Å². The Morgan fingerprint density at radius 2 is 1.71 bits per heavy atom. The molecule has 2 aromatic carbocycles. The number of hydrogen-bond acceptors (Lipinski definition) is 6. The average molecular weight is 450 g/mol. The number of hydrazone groups is 1. The molecule has 148 valence electrons. The maximum atomic E-state index is 12.0. The minimum absolute atomic E-state index is 0.217. The van der Waals surface area contributed by atoms with E-state index in [2.05, 4.69) is 31.8 Å². The molecule has 8 nitrogen and oxygen atoms in total. The van der Waals surface area contributed by atoms with E-state index in [1.165, 1.54) is 27.5 Å². The van der Waals surface area contributed by atoms with Crippen LogP contribution in [0.1, 0.15) is 15.9 Å². The molecule has 2 rings (SSSR count). The maximum absolute atomic E-state index is 12.0. The van der Waals surface area contributed by atoms with E-state index in [-0.39, 0.29) is 12.5 Å². The van der Waals surface area contributed by atoms with Crippen LogP contribution in [0.4, 0.5) is 0 Å². The fraction of sp³-hybridized carbons (Fsp3) is 0.211. The van der Waals surface area contributed by atoms with Crippen molar-refractivity contribution in [3.8, 4) is 17.2 Å². The standard InChI is InChI=1S/C19H20BrN3O5/c1-26-15-9-17(28-3)16(27-2)8-13(15)10-22-23-18(24)11-21-19(25)12-5-4-6-14(20)7-12/h4-10H,11H2,1-3H3,(H,21,25)(H,23,24). The van der Waals surface area contributed by atoms with Gasteiger partial charge >= 0.3 is 0 Å². The Labute approximate surface area is 171 Å². The molecule has 0 aliphatic carbocycles. The number of carbonyl (C=O) groups excluding carboxylic acids is 2. The van der Waals surface area contributed by atoms with Gasteiger partial charge in [0.05, 0.1) is 34.1 Å². The van der Waals surface area contributed by atoms with Crippen molar-refractivity contribution >= 4 is 34.0 Å². The van der Waals surface area contributed by atoms with Gasteiger partial charge in [-0.2, -0.15) is 5.10 Å². The Kier molecular flexibility index (Phi) is 7.82. The van der Waals surface area contributed by atoms with Crippen LogP contribution in [0.3, 0.4) is 0 Å². The van der Waals surface area contributed by atoms with Gasteiger partial charge in [0.2, 0.25) is 0 Å². The summed E-state index contributed by atoms with van der Waals surface area (Å²) >= 11 is 3.29. The van der Waals surface area contributed by atoms with E-state index < -0.39 is 5.91 Å². The first kappa shape index (κ1) is 21.2. The Bertz CT molecular complexity index is 886. The Morgan fingerprint density at radius 1 is 1.04 bits per heavy atom. The number of ether oxygens (including phenoxy) is 3. The lowest BCUT2D eigenvalue weighted by molar-refractivity contribution is -0.120. The van der Waals surface area contributed by atoms with E-state index in [9.17, 15) is 9.59 Å². The van der Waals surface area contributed by atoms with Crippen molar-refractivity contribution in [1.82, 2.24) is 10.7 Å². The van der Waals surface area contributed by atoms with Gasteiger partial charge in [-0.15, -0.1) is 0 Å². The molecule has 0 bridgehead atoms. The lowest BCUT2D eigenvalue weighted by Crippen LogP contribution is -2.34. The molecule has 0 spiro atoms. The highest BCUT2D eigenvalue weighted by Gasteiger charge is 2.11. The molecule has 0 aliphatic heterocycles. The van der Waals surface area contributed by atoms with E-state index >= 15 is 0 Å². The van der Waals surface area contributed by atoms with Crippen molar-refractivity contribution in [2.45, 2.75) is 0 Å². The number of halogens is 1. The molecule has 2 N–H and O–H groups in total. The van der Waals surface area contributed by atoms with Crippen LogP contribution >= 0.6 is 15.9 Å². The second-order valence-corrected chi connectivity index (χ2v) is 6.35. The van der Waals surface area contributed by atoms with Crippen molar-refractivity contribution in [3.05, 3.63) is 52.0 Å². The van der Waals surface area contributed by atoms with Crippen LogP contribution in [-0.2, 0) is 4.79 Å². The van der Waals surface area contributed by atoms with Crippen LogP contribution in [0.2, 0.25) is 0 Å². The third-order valence-corrected chi connectivity index (χ3v) is 4.12. The molecular formula is C19H20BrN3O5. The summed E-state index contributed by atoms with van der Waals surface area (Å²) in [6.07, 6.45) is 1.41. The van der Waals surface area contributed by atoms with E-state index in [4.69, 9.17) is 14.2 Å². The second kappa shape index (κ2) is 10.3. The van der Waals surface area contributed by atoms with Crippen LogP contribution in [0.5, 0.6) is 17.2 Å². The zero-order chi connectivity index (χ0) is 20.5. The quantitative estimate of drug-likeness (QED) is 0.476. The van der Waals surface area contributed by atoms with Crippen LogP contribution in [0, 0.1) is 0 Å². The number of nitrogens with one attached hydrogen (secondary N) is 2. The van der Waals surface area contributed by atoms with Gasteiger partial charge in [0.25, 0.3) is 11.8 Å². The topological polar surface area (TPSA) is 98.2 Å². The number of methoxy groups -OCH3 is 3. The molecule has 28 heavy (non-hydrogen) atoms. The predicted octanol–water partition coefficient (Wildman–Crippen LogP) is 2.35. The summed E-state index contributed by atoms with van der Waals surface area (Å²) in [5, 5.41) is 6.41. The highest BCUT2D eigenvalue weighted by Crippen LogP contribution is 2.33. The molecule has 0 atom stereocenters. The monoisotopic (exact) mass is 449 g/mol. The van der Waals surface area contributed by atoms with E-state index in [1.807, 2.05) is 0 Å². The Balaban J connectivity index is 1.95. The van der Waals surface area contributed by atoms with Gasteiger partial charge in [0, 0.05) is 21.7 Å². The molecule has 2 amide bonds. The first-order valence-corrected chi connectivity index (χ1v) is 8.93. The molecule has 2 aromatic rings. The van der Waals surface area contributed by atoms with Gasteiger partial charge in [0.1, 0.15) is 5.75 Å². The molecule has 9 heteroatoms. The third kappa shape index (κ3) is 5.71. The van der Waals surface area contributed by atoms with Crippen LogP contribution in [0.15, 0.2) is 46.0 Å². The first-order valence-electron chi connectivity index (χ1n) is 8.14. The molecule has 0 aromatic heterocycles. The Morgan fingerprint density at radius 3 is 2.36 bits per heavy atom. The molecular weight excluding hydrogens is 430 g/mol. The maximum Gasteiger partial charge on any atom is 0.259 e. The summed E-state index contributed by atoms with van der Waals surface area (Å²) in [4.78, 5) is 23.9. The molecule has 0 unspecified atom stereocenters. The number of benzene rings is 2. The molecule has 0 aliphatic rings. The smallest absolute Gasteiger partial charge is 0.259 e. The summed E-state index contributed by atoms with van der Waals surface area (Å²) in [5.41, 5.74) is 3.37. The SMILES string of the molecule is COc1cc(OC)c(OC)cc1C=NNC(=O)CNC(=O)c1cccc(Br)c1. The normalized spacial score (nSPS) is 10.4. The van der Waals surface area contributed by atoms with Crippen LogP contribution in [-0.4, -0.2) is 45.9 Å². The number of rotatable bonds is 8. The second-order valence-electron chi connectivity index (χ2n) is 5.44. The number of hydrogen-bond donors (Lipinski definition) is 2. The van der Waals surface area contributed by atoms with Gasteiger partial charge < -0.3 is 19.5 Å². The fourth-order valence-corrected chi connectivity index (χ4v) is 2.66. The Hall–Kier alpha value is -3.07. The zero-order valence-electron chi connectivity index (χ0n) is 15.6. The highest BCUT2D eigenvalue weighted by atomic mass is 79.9. The van der Waals surface area contributed by atoms with Crippen LogP contribution < -0.4 is 25.0 Å². The summed E-state index contributed by atoms with van der Waals surface area (Å²) in [7, 11) is 4.54. The average Bonchev–Trinajstić information content (AvgIpc) is 2.71. The third-order valence-electron chi connectivity index (χ3n) is 3.63. The summed E-state index contributed by atoms with van der Waals surface area (Å²) in [6, 6.07) is 10.2. The van der Waals surface area contributed by atoms with Gasteiger partial charge in [-0.25, -0.2) is 5.43 Å². The number of carbonyl (C=O) groups is 2. The lowest BCUT2D eigenvalue weighted by Gasteiger charge is -2.11. The highest BCUT2D eigenvalue weighted by molar-refractivity contribution is 9.10. The van der Waals surface area contributed by atoms with Gasteiger partial charge in [0.15, 0.2) is 11.5 Å². The molecule has 0 radical (unpaired) electrons. The van der Waals surface area contributed by atoms with Crippen molar-refractivity contribution in [2.75, 3.05) is 27.9 Å². The van der Waals surface area contributed by atoms with Crippen molar-refractivity contribution in [1.29, 1.82) is 0 Å². The number of nitrogens with zero attached hydrogens (tertiary/aromatic N) is 1. The van der Waals surface area contributed by atoms with Crippen molar-refractivity contribution < 1.29 is 23.8 Å². The number of amides is 2. The summed E-state index contributed by atoms with van der Waals surface area (Å²) < 4.78 is 16.5. The molecule has 0 heterocycles. The van der Waals surface area contributed by atoms with Gasteiger partial charge in [-0.05, 0) is 24.3 Å². The molecule has 0 saturated heterocycles. The first-order chi connectivity index (χ1) is 13.5. The minimum Gasteiger partial charge on any atom is -0.496 e. The van der Waals surface area contributed by atoms with Gasteiger partial charge in [-0.3, -0.25) is 9.59 Å². The minimum atomic E-state index is -0.473. The summed E-state index contributed by atoms with van der Waals surface area (Å²) in [6.45, 7) is -0.217. The lowest BCUT2D eigenvalue weighted by atomic mass is 10.2. The van der Waals surface area contributed by atoms with Crippen LogP contribution in [0.25, 0.3) is 0 Å². The predicted molar refractivity (Wildman–Crippen MR) is 108 cm³/mol. The van der Waals surface area contributed by atoms with Gasteiger partial charge in [-0.1, -0.05) is 22.0 Å². The van der Waals surface area contributed by atoms with Crippen molar-refractivity contribution in [3.63, 3.8) is 0 Å². The molecule has 0 saturated carbocycles. The molecule has 0 fully saturated rings.